The Morgan fingerprint density at radius 2 is 1.95 bits per heavy atom. The van der Waals surface area contributed by atoms with Gasteiger partial charge in [0.15, 0.2) is 11.5 Å². The smallest absolute Gasteiger partial charge is 0.156 e. The fourth-order valence-electron chi connectivity index (χ4n) is 2.03. The van der Waals surface area contributed by atoms with E-state index in [0.29, 0.717) is 0 Å². The average Bonchev–Trinajstić information content (AvgIpc) is 2.81. The number of fused-ring (bicyclic) bond motifs is 1. The molecule has 0 spiro atoms. The first-order valence-corrected chi connectivity index (χ1v) is 6.19. The number of rotatable bonds is 3. The SMILES string of the molecule is COc1ccc(Cc2nc3cc(C)ccn3n2)cc1. The van der Waals surface area contributed by atoms with Crippen molar-refractivity contribution in [3.63, 3.8) is 0 Å². The third kappa shape index (κ3) is 2.42. The normalized spacial score (nSPS) is 10.8. The Kier molecular flexibility index (Phi) is 2.91. The van der Waals surface area contributed by atoms with Crippen molar-refractivity contribution in [3.05, 3.63) is 59.5 Å². The van der Waals surface area contributed by atoms with Crippen LogP contribution in [0.15, 0.2) is 42.6 Å². The van der Waals surface area contributed by atoms with E-state index < -0.39 is 0 Å². The molecule has 4 nitrogen and oxygen atoms in total. The van der Waals surface area contributed by atoms with Gasteiger partial charge in [-0.1, -0.05) is 12.1 Å². The van der Waals surface area contributed by atoms with Gasteiger partial charge in [-0.2, -0.15) is 5.10 Å². The highest BCUT2D eigenvalue weighted by Gasteiger charge is 2.05. The van der Waals surface area contributed by atoms with Crippen LogP contribution in [0.2, 0.25) is 0 Å². The fourth-order valence-corrected chi connectivity index (χ4v) is 2.03. The van der Waals surface area contributed by atoms with Crippen LogP contribution in [0.4, 0.5) is 0 Å². The lowest BCUT2D eigenvalue weighted by Gasteiger charge is -2.00. The van der Waals surface area contributed by atoms with E-state index in [1.165, 1.54) is 11.1 Å². The van der Waals surface area contributed by atoms with Gasteiger partial charge in [0, 0.05) is 12.6 Å². The molecule has 0 saturated carbocycles. The molecule has 1 aromatic carbocycles. The Bertz CT molecular complexity index is 701. The van der Waals surface area contributed by atoms with Crippen molar-refractivity contribution < 1.29 is 4.74 Å². The predicted molar refractivity (Wildman–Crippen MR) is 73.5 cm³/mol. The van der Waals surface area contributed by atoms with Gasteiger partial charge in [-0.15, -0.1) is 0 Å². The molecule has 0 bridgehead atoms. The molecule has 4 heteroatoms. The maximum Gasteiger partial charge on any atom is 0.156 e. The summed E-state index contributed by atoms with van der Waals surface area (Å²) in [5, 5.41) is 4.47. The molecule has 0 fully saturated rings. The maximum atomic E-state index is 5.15. The monoisotopic (exact) mass is 253 g/mol. The van der Waals surface area contributed by atoms with E-state index in [1.807, 2.05) is 47.1 Å². The zero-order valence-corrected chi connectivity index (χ0v) is 11.0. The van der Waals surface area contributed by atoms with E-state index in [2.05, 4.69) is 17.0 Å². The lowest BCUT2D eigenvalue weighted by atomic mass is 10.1. The molecule has 2 aromatic heterocycles. The number of ether oxygens (including phenoxy) is 1. The molecular weight excluding hydrogens is 238 g/mol. The van der Waals surface area contributed by atoms with Crippen LogP contribution in [-0.4, -0.2) is 21.7 Å². The molecule has 0 unspecified atom stereocenters. The third-order valence-corrected chi connectivity index (χ3v) is 3.06. The van der Waals surface area contributed by atoms with Crippen LogP contribution < -0.4 is 4.74 Å². The number of hydrogen-bond donors (Lipinski definition) is 0. The van der Waals surface area contributed by atoms with E-state index in [1.54, 1.807) is 7.11 Å². The zero-order chi connectivity index (χ0) is 13.2. The first kappa shape index (κ1) is 11.7. The van der Waals surface area contributed by atoms with Crippen LogP contribution in [0.3, 0.4) is 0 Å². The molecule has 96 valence electrons. The third-order valence-electron chi connectivity index (χ3n) is 3.06. The standard InChI is InChI=1S/C15H15N3O/c1-11-7-8-18-15(9-11)16-14(17-18)10-12-3-5-13(19-2)6-4-12/h3-9H,10H2,1-2H3. The van der Waals surface area contributed by atoms with Crippen LogP contribution in [0, 0.1) is 6.92 Å². The van der Waals surface area contributed by atoms with Crippen LogP contribution in [-0.2, 0) is 6.42 Å². The number of aryl methyl sites for hydroxylation is 1. The molecule has 2 heterocycles. The molecule has 0 aliphatic rings. The summed E-state index contributed by atoms with van der Waals surface area (Å²) in [6.07, 6.45) is 2.67. The molecule has 0 amide bonds. The molecular formula is C15H15N3O. The second kappa shape index (κ2) is 4.72. The van der Waals surface area contributed by atoms with Crippen LogP contribution >= 0.6 is 0 Å². The first-order chi connectivity index (χ1) is 9.24. The van der Waals surface area contributed by atoms with E-state index in [9.17, 15) is 0 Å². The minimum Gasteiger partial charge on any atom is -0.497 e. The first-order valence-electron chi connectivity index (χ1n) is 6.19. The summed E-state index contributed by atoms with van der Waals surface area (Å²) in [6.45, 7) is 2.05. The van der Waals surface area contributed by atoms with Crippen molar-refractivity contribution in [1.29, 1.82) is 0 Å². The summed E-state index contributed by atoms with van der Waals surface area (Å²) in [4.78, 5) is 4.53. The second-order valence-corrected chi connectivity index (χ2v) is 4.56. The van der Waals surface area contributed by atoms with Gasteiger partial charge in [0.25, 0.3) is 0 Å². The molecule has 3 aromatic rings. The van der Waals surface area contributed by atoms with Crippen molar-refractivity contribution in [1.82, 2.24) is 14.6 Å². The molecule has 0 atom stereocenters. The second-order valence-electron chi connectivity index (χ2n) is 4.56. The summed E-state index contributed by atoms with van der Waals surface area (Å²) >= 11 is 0. The molecule has 19 heavy (non-hydrogen) atoms. The van der Waals surface area contributed by atoms with Gasteiger partial charge in [-0.05, 0) is 42.3 Å². The minimum atomic E-state index is 0.727. The summed E-state index contributed by atoms with van der Waals surface area (Å²) in [6, 6.07) is 12.0. The Labute approximate surface area is 111 Å². The van der Waals surface area contributed by atoms with Gasteiger partial charge >= 0.3 is 0 Å². The molecule has 0 aliphatic carbocycles. The Morgan fingerprint density at radius 3 is 2.68 bits per heavy atom. The van der Waals surface area contributed by atoms with Crippen molar-refractivity contribution >= 4 is 5.65 Å². The van der Waals surface area contributed by atoms with Gasteiger partial charge in [-0.25, -0.2) is 9.50 Å². The number of aromatic nitrogens is 3. The average molecular weight is 253 g/mol. The summed E-state index contributed by atoms with van der Waals surface area (Å²) in [5.74, 6) is 1.69. The molecule has 3 rings (SSSR count). The maximum absolute atomic E-state index is 5.15. The lowest BCUT2D eigenvalue weighted by Crippen LogP contribution is -1.92. The molecule has 0 saturated heterocycles. The summed E-state index contributed by atoms with van der Waals surface area (Å²) in [5.41, 5.74) is 3.26. The summed E-state index contributed by atoms with van der Waals surface area (Å²) < 4.78 is 6.96. The highest BCUT2D eigenvalue weighted by atomic mass is 16.5. The van der Waals surface area contributed by atoms with Gasteiger partial charge in [-0.3, -0.25) is 0 Å². The quantitative estimate of drug-likeness (QED) is 0.720. The van der Waals surface area contributed by atoms with Gasteiger partial charge in [0.1, 0.15) is 5.75 Å². The summed E-state index contributed by atoms with van der Waals surface area (Å²) in [7, 11) is 1.67. The Hall–Kier alpha value is -2.36. The molecule has 0 radical (unpaired) electrons. The van der Waals surface area contributed by atoms with Crippen LogP contribution in [0.25, 0.3) is 5.65 Å². The fraction of sp³-hybridized carbons (Fsp3) is 0.200. The van der Waals surface area contributed by atoms with Crippen LogP contribution in [0.5, 0.6) is 5.75 Å². The Morgan fingerprint density at radius 1 is 1.16 bits per heavy atom. The van der Waals surface area contributed by atoms with Gasteiger partial charge < -0.3 is 4.74 Å². The van der Waals surface area contributed by atoms with Crippen molar-refractivity contribution in [2.75, 3.05) is 7.11 Å². The zero-order valence-electron chi connectivity index (χ0n) is 11.0. The number of benzene rings is 1. The lowest BCUT2D eigenvalue weighted by molar-refractivity contribution is 0.414. The van der Waals surface area contributed by atoms with Crippen LogP contribution in [0.1, 0.15) is 17.0 Å². The van der Waals surface area contributed by atoms with Crippen molar-refractivity contribution in [3.8, 4) is 5.75 Å². The number of hydrogen-bond acceptors (Lipinski definition) is 3. The van der Waals surface area contributed by atoms with E-state index >= 15 is 0 Å². The largest absolute Gasteiger partial charge is 0.497 e. The van der Waals surface area contributed by atoms with Gasteiger partial charge in [0.05, 0.1) is 7.11 Å². The highest BCUT2D eigenvalue weighted by Crippen LogP contribution is 2.14. The number of nitrogens with zero attached hydrogens (tertiary/aromatic N) is 3. The van der Waals surface area contributed by atoms with E-state index in [0.717, 1.165) is 23.6 Å². The van der Waals surface area contributed by atoms with Crippen molar-refractivity contribution in [2.45, 2.75) is 13.3 Å². The minimum absolute atomic E-state index is 0.727. The molecule has 0 N–H and O–H groups in total. The predicted octanol–water partition coefficient (Wildman–Crippen LogP) is 2.64. The van der Waals surface area contributed by atoms with Gasteiger partial charge in [0.2, 0.25) is 0 Å². The van der Waals surface area contributed by atoms with E-state index in [-0.39, 0.29) is 0 Å². The number of methoxy groups -OCH3 is 1. The Balaban J connectivity index is 1.87. The highest BCUT2D eigenvalue weighted by molar-refractivity contribution is 5.40. The molecule has 0 aliphatic heterocycles. The van der Waals surface area contributed by atoms with E-state index in [4.69, 9.17) is 4.74 Å². The number of pyridine rings is 1. The topological polar surface area (TPSA) is 39.4 Å². The van der Waals surface area contributed by atoms with Crippen molar-refractivity contribution in [2.24, 2.45) is 0 Å².